The Morgan fingerprint density at radius 3 is 1.67 bits per heavy atom. The summed E-state index contributed by atoms with van der Waals surface area (Å²) in [5, 5.41) is 26.7. The molecule has 0 bridgehead atoms. The number of alkyl halides is 6. The number of non-ortho nitro benzene ring substituents is 2. The monoisotopic (exact) mass is 962 g/mol. The van der Waals surface area contributed by atoms with Crippen molar-refractivity contribution in [2.45, 2.75) is 26.2 Å². The maximum Gasteiger partial charge on any atom is 0.416 e. The molecule has 0 radical (unpaired) electrons. The van der Waals surface area contributed by atoms with Crippen LogP contribution in [0, 0.1) is 34.1 Å². The van der Waals surface area contributed by atoms with Crippen LogP contribution in [0.1, 0.15) is 33.1 Å². The van der Waals surface area contributed by atoms with Gasteiger partial charge in [0.1, 0.15) is 17.5 Å². The zero-order valence-electron chi connectivity index (χ0n) is 31.8. The van der Waals surface area contributed by atoms with Crippen molar-refractivity contribution in [3.8, 4) is 22.8 Å². The number of carboxylic acid groups (broad SMARTS) is 1. The van der Waals surface area contributed by atoms with Gasteiger partial charge in [0.2, 0.25) is 0 Å². The molecule has 6 N–H and O–H groups in total. The van der Waals surface area contributed by atoms with Gasteiger partial charge < -0.3 is 30.7 Å². The summed E-state index contributed by atoms with van der Waals surface area (Å²) in [6.07, 6.45) is -3.20. The minimum atomic E-state index is -4.60. The summed E-state index contributed by atoms with van der Waals surface area (Å²) in [5.41, 5.74) is 10.2. The van der Waals surface area contributed by atoms with E-state index in [4.69, 9.17) is 16.6 Å². The van der Waals surface area contributed by atoms with Crippen LogP contribution in [-0.2, 0) is 16.9 Å². The van der Waals surface area contributed by atoms with Crippen LogP contribution in [-0.4, -0.2) is 50.0 Å². The molecule has 7 aromatic rings. The molecule has 0 atom stereocenters. The number of aromatic carboxylic acids is 1. The van der Waals surface area contributed by atoms with Crippen LogP contribution < -0.4 is 11.5 Å². The first kappa shape index (κ1) is 49.0. The zero-order valence-corrected chi connectivity index (χ0v) is 34.9. The van der Waals surface area contributed by atoms with E-state index in [0.29, 0.717) is 34.4 Å². The third kappa shape index (κ3) is 13.7. The molecule has 3 heterocycles. The number of aromatic nitrogens is 6. The van der Waals surface area contributed by atoms with Crippen molar-refractivity contribution < 1.29 is 50.7 Å². The number of nitro groups is 2. The number of hydrogen-bond donors (Lipinski definition) is 4. The third-order valence-electron chi connectivity index (χ3n) is 8.18. The van der Waals surface area contributed by atoms with Crippen LogP contribution in [0.25, 0.3) is 33.8 Å². The van der Waals surface area contributed by atoms with Crippen molar-refractivity contribution in [3.63, 3.8) is 0 Å². The predicted octanol–water partition coefficient (Wildman–Crippen LogP) is 11.1. The highest BCUT2D eigenvalue weighted by Crippen LogP contribution is 2.61. The molecular weight excluding hydrogens is 936 g/mol. The first-order chi connectivity index (χ1) is 29.1. The van der Waals surface area contributed by atoms with Crippen LogP contribution in [0.4, 0.5) is 49.1 Å². The molecule has 3 aromatic heterocycles. The zero-order chi connectivity index (χ0) is 47.2. The SMILES string of the molecule is Cc1nccn1-c1cc(-c2nc3ccc([N+](=O)[O-])cc3[nH]2)cc(C(F)(F)F)c1.Cc1nccn1-c1cc(C(=O)O)cc(C(F)(F)F)c1.Nc1ccc([N+](=O)[O-])cc1N.O=P(Cl)(Cl)Cl. The number of hydrogen-bond acceptors (Lipinski definition) is 11. The number of benzene rings is 4. The summed E-state index contributed by atoms with van der Waals surface area (Å²) in [6, 6.07) is 14.2. The van der Waals surface area contributed by atoms with E-state index >= 15 is 0 Å². The number of imidazole rings is 3. The van der Waals surface area contributed by atoms with Gasteiger partial charge >= 0.3 is 23.5 Å². The highest BCUT2D eigenvalue weighted by molar-refractivity contribution is 8.24. The molecule has 0 spiro atoms. The van der Waals surface area contributed by atoms with Gasteiger partial charge in [0.15, 0.2) is 0 Å². The molecular formula is C36H28Cl3F6N10O7P. The molecule has 17 nitrogen and oxygen atoms in total. The Morgan fingerprint density at radius 1 is 0.746 bits per heavy atom. The van der Waals surface area contributed by atoms with Gasteiger partial charge in [-0.1, -0.05) is 0 Å². The number of nitro benzene ring substituents is 2. The number of nitrogens with one attached hydrogen (secondary N) is 1. The van der Waals surface area contributed by atoms with Gasteiger partial charge in [-0.05, 0) is 96.1 Å². The number of carbonyl (C=O) groups is 1. The second-order valence-corrected chi connectivity index (χ2v) is 19.2. The number of nitrogens with two attached hydrogens (primary N) is 2. The quantitative estimate of drug-likeness (QED) is 0.0399. The number of rotatable bonds is 6. The van der Waals surface area contributed by atoms with E-state index in [1.807, 2.05) is 0 Å². The van der Waals surface area contributed by atoms with Gasteiger partial charge in [-0.3, -0.25) is 24.8 Å². The van der Waals surface area contributed by atoms with Crippen molar-refractivity contribution in [1.29, 1.82) is 0 Å². The average Bonchev–Trinajstić information content (AvgIpc) is 3.94. The van der Waals surface area contributed by atoms with E-state index in [1.165, 1.54) is 70.2 Å². The molecule has 0 aliphatic carbocycles. The summed E-state index contributed by atoms with van der Waals surface area (Å²) in [6.45, 7) is 3.29. The molecule has 7 rings (SSSR count). The van der Waals surface area contributed by atoms with E-state index in [0.717, 1.165) is 18.2 Å². The smallest absolute Gasteiger partial charge is 0.416 e. The van der Waals surface area contributed by atoms with Crippen LogP contribution >= 0.6 is 38.9 Å². The molecule has 4 aromatic carbocycles. The Hall–Kier alpha value is -6.68. The van der Waals surface area contributed by atoms with Gasteiger partial charge in [0.05, 0.1) is 48.9 Å². The lowest BCUT2D eigenvalue weighted by molar-refractivity contribution is -0.384. The number of H-pyrrole nitrogens is 1. The van der Waals surface area contributed by atoms with Crippen molar-refractivity contribution in [1.82, 2.24) is 29.1 Å². The summed E-state index contributed by atoms with van der Waals surface area (Å²) >= 11 is 13.8. The van der Waals surface area contributed by atoms with Gasteiger partial charge in [-0.15, -0.1) is 0 Å². The number of nitrogens with zero attached hydrogens (tertiary/aromatic N) is 7. The molecule has 0 amide bonds. The van der Waals surface area contributed by atoms with E-state index in [-0.39, 0.29) is 39.8 Å². The number of aromatic amines is 1. The lowest BCUT2D eigenvalue weighted by atomic mass is 10.1. The summed E-state index contributed by atoms with van der Waals surface area (Å²) in [5.74, 6) is -0.230. The van der Waals surface area contributed by atoms with Crippen LogP contribution in [0.2, 0.25) is 0 Å². The molecule has 63 heavy (non-hydrogen) atoms. The minimum absolute atomic E-state index is 0.0447. The van der Waals surface area contributed by atoms with E-state index in [2.05, 4.69) is 53.7 Å². The van der Waals surface area contributed by atoms with Crippen molar-refractivity contribution in [3.05, 3.63) is 146 Å². The van der Waals surface area contributed by atoms with Crippen LogP contribution in [0.5, 0.6) is 0 Å². The minimum Gasteiger partial charge on any atom is -0.478 e. The Labute approximate surface area is 363 Å². The Bertz CT molecular complexity index is 2860. The number of carboxylic acids is 1. The predicted molar refractivity (Wildman–Crippen MR) is 222 cm³/mol. The standard InChI is InChI=1S/C18H12F3N5O2.C12H9F3N2O2.C6H7N3O2.Cl3OP/c1-10-22-4-5-25(10)14-7-11(6-12(8-14)18(19,20)21)17-23-15-3-2-13(26(27)28)9-16(15)24-17;1-7-16-2-3-17(7)10-5-8(11(18)19)4-9(6-10)12(13,14)15;7-5-2-1-4(9(10)11)3-6(5)8;1-5(2,3)4/h2-9H,1H3,(H,23,24);2-6H,1H3,(H,18,19);1-3H,7-8H2;. The summed E-state index contributed by atoms with van der Waals surface area (Å²) in [4.78, 5) is 46.0. The first-order valence-electron chi connectivity index (χ1n) is 16.9. The van der Waals surface area contributed by atoms with E-state index < -0.39 is 50.1 Å². The molecule has 0 aliphatic rings. The summed E-state index contributed by atoms with van der Waals surface area (Å²) < 4.78 is 90.9. The number of anilines is 2. The topological polar surface area (TPSA) is 257 Å². The lowest BCUT2D eigenvalue weighted by Crippen LogP contribution is -2.10. The maximum atomic E-state index is 13.4. The normalized spacial score (nSPS) is 11.3. The number of halogens is 9. The first-order valence-corrected chi connectivity index (χ1v) is 21.4. The van der Waals surface area contributed by atoms with Gasteiger partial charge in [-0.25, -0.2) is 19.7 Å². The fraction of sp³-hybridized carbons (Fsp3) is 0.111. The molecule has 0 saturated heterocycles. The highest BCUT2D eigenvalue weighted by Gasteiger charge is 2.33. The fourth-order valence-corrected chi connectivity index (χ4v) is 5.31. The van der Waals surface area contributed by atoms with Crippen LogP contribution in [0.15, 0.2) is 97.6 Å². The number of aryl methyl sites for hydroxylation is 2. The third-order valence-corrected chi connectivity index (χ3v) is 8.18. The molecule has 0 fully saturated rings. The van der Waals surface area contributed by atoms with Gasteiger partial charge in [0, 0.05) is 66.0 Å². The van der Waals surface area contributed by atoms with Crippen molar-refractivity contribution in [2.75, 3.05) is 11.5 Å². The Balaban J connectivity index is 0.000000214. The summed E-state index contributed by atoms with van der Waals surface area (Å²) in [7, 11) is 0. The maximum absolute atomic E-state index is 13.4. The Kier molecular flexibility index (Phi) is 15.2. The molecule has 0 unspecified atom stereocenters. The number of nitrogen functional groups attached to an aromatic ring is 2. The van der Waals surface area contributed by atoms with E-state index in [9.17, 15) is 55.9 Å². The molecule has 332 valence electrons. The van der Waals surface area contributed by atoms with Crippen molar-refractivity contribution in [2.24, 2.45) is 0 Å². The molecule has 0 saturated carbocycles. The lowest BCUT2D eigenvalue weighted by Gasteiger charge is -2.13. The van der Waals surface area contributed by atoms with E-state index in [1.54, 1.807) is 26.1 Å². The number of fused-ring (bicyclic) bond motifs is 1. The second kappa shape index (κ2) is 19.6. The second-order valence-electron chi connectivity index (χ2n) is 12.5. The van der Waals surface area contributed by atoms with Crippen molar-refractivity contribution >= 4 is 78.7 Å². The Morgan fingerprint density at radius 2 is 1.22 bits per heavy atom. The molecule has 0 aliphatic heterocycles. The van der Waals surface area contributed by atoms with Gasteiger partial charge in [0.25, 0.3) is 11.4 Å². The average molecular weight is 964 g/mol. The molecule has 27 heteroatoms. The highest BCUT2D eigenvalue weighted by atomic mass is 36.0. The van der Waals surface area contributed by atoms with Gasteiger partial charge in [-0.2, -0.15) is 26.3 Å². The largest absolute Gasteiger partial charge is 0.478 e. The fourth-order valence-electron chi connectivity index (χ4n) is 5.31. The van der Waals surface area contributed by atoms with Crippen LogP contribution in [0.3, 0.4) is 0 Å².